The lowest BCUT2D eigenvalue weighted by Crippen LogP contribution is -2.30. The highest BCUT2D eigenvalue weighted by Gasteiger charge is 2.39. The first-order chi connectivity index (χ1) is 15.9. The maximum atomic E-state index is 13.4. The summed E-state index contributed by atoms with van der Waals surface area (Å²) in [6, 6.07) is 27.0. The monoisotopic (exact) mass is 456 g/mol. The normalized spacial score (nSPS) is 13.8. The Balaban J connectivity index is 1.61. The maximum Gasteiger partial charge on any atom is 0.123 e. The molecule has 33 heavy (non-hydrogen) atoms. The van der Waals surface area contributed by atoms with E-state index in [4.69, 9.17) is 0 Å². The molecule has 0 aliphatic heterocycles. The van der Waals surface area contributed by atoms with Crippen LogP contribution in [0.5, 0.6) is 0 Å². The van der Waals surface area contributed by atoms with Crippen molar-refractivity contribution in [2.24, 2.45) is 5.41 Å². The zero-order chi connectivity index (χ0) is 23.0. The van der Waals surface area contributed by atoms with Crippen molar-refractivity contribution in [2.45, 2.75) is 25.9 Å². The van der Waals surface area contributed by atoms with Gasteiger partial charge in [0.05, 0.1) is 23.5 Å². The summed E-state index contributed by atoms with van der Waals surface area (Å²) in [5.74, 6) is -0.302. The topological polar surface area (TPSA) is 38.1 Å². The fourth-order valence-electron chi connectivity index (χ4n) is 4.69. The Morgan fingerprint density at radius 2 is 1.67 bits per heavy atom. The number of aromatic nitrogens is 2. The van der Waals surface area contributed by atoms with Crippen LogP contribution in [0, 0.1) is 11.2 Å². The van der Waals surface area contributed by atoms with Gasteiger partial charge in [-0.2, -0.15) is 5.10 Å². The van der Waals surface area contributed by atoms with Crippen LogP contribution in [0.4, 0.5) is 4.39 Å². The molecule has 0 spiro atoms. The van der Waals surface area contributed by atoms with E-state index in [1.165, 1.54) is 12.1 Å². The average molecular weight is 457 g/mol. The highest BCUT2D eigenvalue weighted by Crippen LogP contribution is 2.49. The van der Waals surface area contributed by atoms with Gasteiger partial charge in [0.2, 0.25) is 0 Å². The lowest BCUT2D eigenvalue weighted by atomic mass is 9.67. The van der Waals surface area contributed by atoms with Crippen LogP contribution in [-0.2, 0) is 0 Å². The fourth-order valence-corrected chi connectivity index (χ4v) is 5.59. The van der Waals surface area contributed by atoms with E-state index in [9.17, 15) is 9.50 Å². The second-order valence-corrected chi connectivity index (χ2v) is 9.91. The SMILES string of the molecule is CC(C)(C(O)c1cccs1)C(c1ccccc1)c1ccc2c(cnn2-c2ccc(F)cc2)c1. The molecule has 0 saturated heterocycles. The van der Waals surface area contributed by atoms with Crippen molar-refractivity contribution in [3.8, 4) is 5.69 Å². The molecule has 2 atom stereocenters. The first kappa shape index (κ1) is 21.6. The molecule has 5 heteroatoms. The lowest BCUT2D eigenvalue weighted by molar-refractivity contribution is 0.0402. The third-order valence-electron chi connectivity index (χ3n) is 6.39. The van der Waals surface area contributed by atoms with Crippen LogP contribution in [0.25, 0.3) is 16.6 Å². The van der Waals surface area contributed by atoms with Gasteiger partial charge < -0.3 is 5.11 Å². The van der Waals surface area contributed by atoms with Crippen molar-refractivity contribution >= 4 is 22.2 Å². The minimum Gasteiger partial charge on any atom is -0.387 e. The molecule has 2 heterocycles. The predicted molar refractivity (Wildman–Crippen MR) is 132 cm³/mol. The molecule has 166 valence electrons. The van der Waals surface area contributed by atoms with Gasteiger partial charge in [0, 0.05) is 21.6 Å². The van der Waals surface area contributed by atoms with Crippen molar-refractivity contribution in [3.05, 3.63) is 118 Å². The summed E-state index contributed by atoms with van der Waals surface area (Å²) in [7, 11) is 0. The number of hydrogen-bond acceptors (Lipinski definition) is 3. The van der Waals surface area contributed by atoms with E-state index >= 15 is 0 Å². The molecule has 5 aromatic rings. The zero-order valence-corrected chi connectivity index (χ0v) is 19.3. The summed E-state index contributed by atoms with van der Waals surface area (Å²) in [5.41, 5.74) is 3.57. The lowest BCUT2D eigenvalue weighted by Gasteiger charge is -2.39. The molecule has 0 fully saturated rings. The molecule has 0 bridgehead atoms. The highest BCUT2D eigenvalue weighted by atomic mass is 32.1. The summed E-state index contributed by atoms with van der Waals surface area (Å²) < 4.78 is 15.2. The van der Waals surface area contributed by atoms with Gasteiger partial charge in [-0.1, -0.05) is 56.3 Å². The second-order valence-electron chi connectivity index (χ2n) is 8.93. The summed E-state index contributed by atoms with van der Waals surface area (Å²) in [6.45, 7) is 4.25. The molecular weight excluding hydrogens is 431 g/mol. The van der Waals surface area contributed by atoms with Gasteiger partial charge in [-0.25, -0.2) is 9.07 Å². The predicted octanol–water partition coefficient (Wildman–Crippen LogP) is 7.12. The highest BCUT2D eigenvalue weighted by molar-refractivity contribution is 7.10. The largest absolute Gasteiger partial charge is 0.387 e. The Labute approximate surface area is 196 Å². The molecule has 0 aliphatic carbocycles. The standard InChI is InChI=1S/C28H25FN2OS/c1-28(2,27(32)25-9-6-16-33-25)26(19-7-4-3-5-8-19)20-10-15-24-21(17-20)18-30-31(24)23-13-11-22(29)12-14-23/h3-18,26-27,32H,1-2H3. The smallest absolute Gasteiger partial charge is 0.123 e. The molecule has 0 radical (unpaired) electrons. The van der Waals surface area contributed by atoms with Gasteiger partial charge in [0.25, 0.3) is 0 Å². The first-order valence-electron chi connectivity index (χ1n) is 10.9. The van der Waals surface area contributed by atoms with Gasteiger partial charge >= 0.3 is 0 Å². The molecule has 0 aliphatic rings. The number of nitrogens with zero attached hydrogens (tertiary/aromatic N) is 2. The summed E-state index contributed by atoms with van der Waals surface area (Å²) in [4.78, 5) is 0.964. The molecular formula is C28H25FN2OS. The van der Waals surface area contributed by atoms with E-state index < -0.39 is 11.5 Å². The van der Waals surface area contributed by atoms with E-state index in [1.54, 1.807) is 23.5 Å². The van der Waals surface area contributed by atoms with Gasteiger partial charge in [-0.05, 0) is 59.0 Å². The van der Waals surface area contributed by atoms with Gasteiger partial charge in [-0.15, -0.1) is 11.3 Å². The molecule has 2 unspecified atom stereocenters. The van der Waals surface area contributed by atoms with Crippen LogP contribution in [0.1, 0.15) is 41.9 Å². The molecule has 1 N–H and O–H groups in total. The Morgan fingerprint density at radius 1 is 0.909 bits per heavy atom. The number of aliphatic hydroxyl groups excluding tert-OH is 1. The number of thiophene rings is 1. The van der Waals surface area contributed by atoms with Crippen LogP contribution in [0.3, 0.4) is 0 Å². The average Bonchev–Trinajstić information content (AvgIpc) is 3.50. The Hall–Kier alpha value is -3.28. The van der Waals surface area contributed by atoms with E-state index in [2.05, 4.69) is 49.3 Å². The summed E-state index contributed by atoms with van der Waals surface area (Å²) in [6.07, 6.45) is 1.23. The first-order valence-corrected chi connectivity index (χ1v) is 11.8. The zero-order valence-electron chi connectivity index (χ0n) is 18.5. The third kappa shape index (κ3) is 3.99. The van der Waals surface area contributed by atoms with Gasteiger partial charge in [0.1, 0.15) is 5.82 Å². The second kappa shape index (κ2) is 8.58. The summed E-state index contributed by atoms with van der Waals surface area (Å²) in [5, 5.41) is 18.9. The van der Waals surface area contributed by atoms with Crippen LogP contribution in [0.2, 0.25) is 0 Å². The van der Waals surface area contributed by atoms with Crippen LogP contribution >= 0.6 is 11.3 Å². The van der Waals surface area contributed by atoms with Crippen molar-refractivity contribution in [1.29, 1.82) is 0 Å². The molecule has 3 nitrogen and oxygen atoms in total. The van der Waals surface area contributed by atoms with Crippen molar-refractivity contribution < 1.29 is 9.50 Å². The van der Waals surface area contributed by atoms with Crippen molar-refractivity contribution in [1.82, 2.24) is 9.78 Å². The molecule has 0 amide bonds. The van der Waals surface area contributed by atoms with Gasteiger partial charge in [-0.3, -0.25) is 0 Å². The Kier molecular flexibility index (Phi) is 5.60. The van der Waals surface area contributed by atoms with E-state index in [1.807, 2.05) is 46.6 Å². The van der Waals surface area contributed by atoms with Crippen LogP contribution in [0.15, 0.2) is 96.5 Å². The van der Waals surface area contributed by atoms with Gasteiger partial charge in [0.15, 0.2) is 0 Å². The van der Waals surface area contributed by atoms with Crippen LogP contribution < -0.4 is 0 Å². The number of halogens is 1. The Bertz CT molecular complexity index is 1360. The van der Waals surface area contributed by atoms with Crippen molar-refractivity contribution in [3.63, 3.8) is 0 Å². The number of benzene rings is 3. The molecule has 2 aromatic heterocycles. The fraction of sp³-hybridized carbons (Fsp3) is 0.179. The molecule has 0 saturated carbocycles. The van der Waals surface area contributed by atoms with Crippen LogP contribution in [-0.4, -0.2) is 14.9 Å². The molecule has 3 aromatic carbocycles. The van der Waals surface area contributed by atoms with E-state index in [-0.39, 0.29) is 11.7 Å². The third-order valence-corrected chi connectivity index (χ3v) is 7.32. The number of fused-ring (bicyclic) bond motifs is 1. The minimum atomic E-state index is -0.611. The Morgan fingerprint density at radius 3 is 2.36 bits per heavy atom. The van der Waals surface area contributed by atoms with Crippen molar-refractivity contribution in [2.75, 3.05) is 0 Å². The number of rotatable bonds is 6. The quantitative estimate of drug-likeness (QED) is 0.295. The number of aliphatic hydroxyl groups is 1. The summed E-state index contributed by atoms with van der Waals surface area (Å²) >= 11 is 1.58. The molecule has 5 rings (SSSR count). The minimum absolute atomic E-state index is 0.0330. The number of hydrogen-bond donors (Lipinski definition) is 1. The maximum absolute atomic E-state index is 13.4. The van der Waals surface area contributed by atoms with E-state index in [0.717, 1.165) is 32.6 Å². The van der Waals surface area contributed by atoms with E-state index in [0.29, 0.717) is 0 Å².